The lowest BCUT2D eigenvalue weighted by Gasteiger charge is -2.20. The molecule has 14 heteroatoms. The number of carbonyl (C=O) groups is 1. The zero-order chi connectivity index (χ0) is 26.3. The lowest BCUT2D eigenvalue weighted by Crippen LogP contribution is -2.39. The summed E-state index contributed by atoms with van der Waals surface area (Å²) in [5.41, 5.74) is -0.363. The Labute approximate surface area is 214 Å². The second-order valence-electron chi connectivity index (χ2n) is 8.86. The number of hydrogen-bond acceptors (Lipinski definition) is 9. The molecule has 2 atom stereocenters. The number of nitrogens with zero attached hydrogens (tertiary/aromatic N) is 9. The molecule has 13 nitrogen and oxygen atoms in total. The summed E-state index contributed by atoms with van der Waals surface area (Å²) >= 11 is 1.35. The van der Waals surface area contributed by atoms with Crippen molar-refractivity contribution >= 4 is 40.2 Å². The van der Waals surface area contributed by atoms with Crippen LogP contribution in [0.1, 0.15) is 32.7 Å². The Morgan fingerprint density at radius 2 is 2.05 bits per heavy atom. The first-order valence-electron chi connectivity index (χ1n) is 11.6. The Kier molecular flexibility index (Phi) is 6.30. The fraction of sp³-hybridized carbons (Fsp3) is 0.391. The lowest BCUT2D eigenvalue weighted by molar-refractivity contribution is -0.118. The molecule has 0 saturated carbocycles. The highest BCUT2D eigenvalue weighted by Gasteiger charge is 2.25. The van der Waals surface area contributed by atoms with Gasteiger partial charge >= 0.3 is 5.69 Å². The number of hydrogen-bond donors (Lipinski definition) is 1. The number of carbonyl (C=O) groups excluding carboxylic acids is 1. The maximum atomic E-state index is 13.0. The van der Waals surface area contributed by atoms with E-state index in [4.69, 9.17) is 6.57 Å². The van der Waals surface area contributed by atoms with E-state index in [0.717, 1.165) is 29.5 Å². The predicted molar refractivity (Wildman–Crippen MR) is 138 cm³/mol. The van der Waals surface area contributed by atoms with E-state index < -0.39 is 29.9 Å². The summed E-state index contributed by atoms with van der Waals surface area (Å²) in [6, 6.07) is -0.422. The molecule has 1 amide bonds. The third kappa shape index (κ3) is 4.27. The van der Waals surface area contributed by atoms with Gasteiger partial charge in [-0.1, -0.05) is 0 Å². The van der Waals surface area contributed by atoms with E-state index in [0.29, 0.717) is 22.8 Å². The van der Waals surface area contributed by atoms with Crippen LogP contribution in [0.4, 0.5) is 11.8 Å². The quantitative estimate of drug-likeness (QED) is 0.381. The maximum Gasteiger partial charge on any atom is 0.338 e. The minimum Gasteiger partial charge on any atom is -0.338 e. The highest BCUT2D eigenvalue weighted by atomic mass is 32.1. The molecule has 0 radical (unpaired) electrons. The summed E-state index contributed by atoms with van der Waals surface area (Å²) < 4.78 is 3.40. The first-order valence-corrected chi connectivity index (χ1v) is 12.5. The lowest BCUT2D eigenvalue weighted by atomic mass is 10.2. The molecule has 5 rings (SSSR count). The van der Waals surface area contributed by atoms with Gasteiger partial charge in [0.2, 0.25) is 11.9 Å². The molecule has 1 aliphatic rings. The number of amides is 1. The monoisotopic (exact) mass is 520 g/mol. The van der Waals surface area contributed by atoms with Gasteiger partial charge in [0.1, 0.15) is 16.9 Å². The summed E-state index contributed by atoms with van der Waals surface area (Å²) in [6.07, 6.45) is 7.06. The van der Waals surface area contributed by atoms with Crippen LogP contribution in [0.25, 0.3) is 26.6 Å². The molecule has 1 N–H and O–H groups in total. The minimum atomic E-state index is -0.841. The van der Waals surface area contributed by atoms with Crippen molar-refractivity contribution < 1.29 is 4.79 Å². The van der Waals surface area contributed by atoms with Crippen LogP contribution in [-0.4, -0.2) is 52.1 Å². The molecule has 190 valence electrons. The highest BCUT2D eigenvalue weighted by Crippen LogP contribution is 2.27. The number of aromatic nitrogens is 7. The largest absolute Gasteiger partial charge is 0.338 e. The van der Waals surface area contributed by atoms with E-state index in [2.05, 4.69) is 41.9 Å². The van der Waals surface area contributed by atoms with Gasteiger partial charge in [0.05, 0.1) is 6.33 Å². The number of nitrogens with one attached hydrogen (secondary N) is 1. The van der Waals surface area contributed by atoms with Gasteiger partial charge < -0.3 is 14.8 Å². The van der Waals surface area contributed by atoms with E-state index in [-0.39, 0.29) is 11.2 Å². The van der Waals surface area contributed by atoms with Gasteiger partial charge in [0.15, 0.2) is 11.2 Å². The van der Waals surface area contributed by atoms with Gasteiger partial charge in [-0.3, -0.25) is 19.0 Å². The Balaban J connectivity index is 1.35. The van der Waals surface area contributed by atoms with E-state index in [1.807, 2.05) is 0 Å². The first kappa shape index (κ1) is 24.3. The number of rotatable bonds is 6. The summed E-state index contributed by atoms with van der Waals surface area (Å²) in [6.45, 7) is 11.3. The number of anilines is 2. The summed E-state index contributed by atoms with van der Waals surface area (Å²) in [5, 5.41) is 5.15. The van der Waals surface area contributed by atoms with Gasteiger partial charge in [-0.25, -0.2) is 31.3 Å². The second-order valence-corrected chi connectivity index (χ2v) is 9.72. The van der Waals surface area contributed by atoms with Gasteiger partial charge in [-0.05, 0) is 26.7 Å². The van der Waals surface area contributed by atoms with Crippen LogP contribution in [-0.2, 0) is 18.5 Å². The molecular weight excluding hydrogens is 496 g/mol. The molecule has 0 aromatic carbocycles. The SMILES string of the molecule is [C-]#[N+]Cn1c(=O)c2c(ncn2[C@@H](C)C(=O)Nc2csc(-c3cnc(N4CCC[C@H]4C)nc3)n2)n(C)c1=O. The standard InChI is InChI=1S/C23H24N10O3S/c1-13-6-5-7-31(13)22-25-8-15(9-26-22)20-29-16(10-37-20)28-19(34)14(2)32-12-27-18-17(32)21(35)33(11-24-3)23(36)30(18)4/h8-10,12-14H,5-7,11H2,1-2,4H3,(H,28,34)/t13-,14+/m1/s1. The van der Waals surface area contributed by atoms with Crippen molar-refractivity contribution in [3.63, 3.8) is 0 Å². The summed E-state index contributed by atoms with van der Waals surface area (Å²) in [4.78, 5) is 61.4. The molecule has 4 aromatic rings. The van der Waals surface area contributed by atoms with Crippen LogP contribution in [0.2, 0.25) is 0 Å². The van der Waals surface area contributed by atoms with Crippen LogP contribution in [0.5, 0.6) is 0 Å². The zero-order valence-electron chi connectivity index (χ0n) is 20.5. The van der Waals surface area contributed by atoms with Crippen LogP contribution >= 0.6 is 11.3 Å². The van der Waals surface area contributed by atoms with E-state index >= 15 is 0 Å². The zero-order valence-corrected chi connectivity index (χ0v) is 21.3. The summed E-state index contributed by atoms with van der Waals surface area (Å²) in [7, 11) is 1.46. The third-order valence-electron chi connectivity index (χ3n) is 6.52. The third-order valence-corrected chi connectivity index (χ3v) is 7.41. The number of fused-ring (bicyclic) bond motifs is 1. The normalized spacial score (nSPS) is 16.2. The van der Waals surface area contributed by atoms with Gasteiger partial charge in [-0.2, -0.15) is 4.57 Å². The van der Waals surface area contributed by atoms with Crippen molar-refractivity contribution in [2.75, 3.05) is 16.8 Å². The Bertz CT molecular complexity index is 1640. The minimum absolute atomic E-state index is 0.0666. The number of thiazole rings is 1. The fourth-order valence-electron chi connectivity index (χ4n) is 4.41. The average molecular weight is 521 g/mol. The molecule has 4 aromatic heterocycles. The van der Waals surface area contributed by atoms with Gasteiger partial charge in [-0.15, -0.1) is 11.3 Å². The van der Waals surface area contributed by atoms with Crippen molar-refractivity contribution in [1.82, 2.24) is 33.6 Å². The molecule has 0 bridgehead atoms. The fourth-order valence-corrected chi connectivity index (χ4v) is 5.14. The Hall–Kier alpha value is -4.38. The van der Waals surface area contributed by atoms with Crippen LogP contribution < -0.4 is 21.5 Å². The second kappa shape index (κ2) is 9.58. The first-order chi connectivity index (χ1) is 17.8. The predicted octanol–water partition coefficient (Wildman–Crippen LogP) is 1.88. The molecule has 0 aliphatic carbocycles. The van der Waals surface area contributed by atoms with Crippen LogP contribution in [0.3, 0.4) is 0 Å². The molecule has 0 spiro atoms. The van der Waals surface area contributed by atoms with Crippen molar-refractivity contribution in [1.29, 1.82) is 0 Å². The van der Waals surface area contributed by atoms with Gasteiger partial charge in [0, 0.05) is 43.0 Å². The summed E-state index contributed by atoms with van der Waals surface area (Å²) in [5.74, 6) is 0.639. The van der Waals surface area contributed by atoms with E-state index in [1.54, 1.807) is 24.7 Å². The van der Waals surface area contributed by atoms with Crippen LogP contribution in [0.15, 0.2) is 33.7 Å². The molecule has 1 fully saturated rings. The number of imidazole rings is 1. The maximum absolute atomic E-state index is 13.0. The van der Waals surface area contributed by atoms with Crippen molar-refractivity contribution in [3.8, 4) is 10.6 Å². The molecule has 0 unspecified atom stereocenters. The van der Waals surface area contributed by atoms with Crippen molar-refractivity contribution in [2.24, 2.45) is 7.05 Å². The van der Waals surface area contributed by atoms with E-state index in [9.17, 15) is 14.4 Å². The molecule has 37 heavy (non-hydrogen) atoms. The smallest absolute Gasteiger partial charge is 0.338 e. The number of aryl methyl sites for hydroxylation is 1. The van der Waals surface area contributed by atoms with E-state index in [1.165, 1.54) is 33.8 Å². The molecule has 1 aliphatic heterocycles. The van der Waals surface area contributed by atoms with Gasteiger partial charge in [0.25, 0.3) is 12.2 Å². The molecule has 1 saturated heterocycles. The van der Waals surface area contributed by atoms with Crippen LogP contribution in [0, 0.1) is 6.57 Å². The Morgan fingerprint density at radius 3 is 2.73 bits per heavy atom. The molecular formula is C23H24N10O3S. The van der Waals surface area contributed by atoms with Crippen molar-refractivity contribution in [3.05, 3.63) is 56.4 Å². The van der Waals surface area contributed by atoms with Crippen molar-refractivity contribution in [2.45, 2.75) is 45.4 Å². The molecule has 5 heterocycles. The topological polar surface area (TPSA) is 137 Å². The average Bonchev–Trinajstić information content (AvgIpc) is 3.65. The highest BCUT2D eigenvalue weighted by molar-refractivity contribution is 7.13. The Morgan fingerprint density at radius 1 is 1.30 bits per heavy atom.